The largest absolute Gasteiger partial charge is 0.496 e. The first-order valence-corrected chi connectivity index (χ1v) is 20.0. The van der Waals surface area contributed by atoms with E-state index in [4.69, 9.17) is 18.9 Å². The highest BCUT2D eigenvalue weighted by molar-refractivity contribution is 5.95. The number of methoxy groups -OCH3 is 3. The van der Waals surface area contributed by atoms with Gasteiger partial charge in [-0.05, 0) is 80.2 Å². The molecule has 4 saturated heterocycles. The van der Waals surface area contributed by atoms with Crippen LogP contribution in [0.15, 0.2) is 48.0 Å². The Morgan fingerprint density at radius 3 is 2.61 bits per heavy atom. The predicted molar refractivity (Wildman–Crippen MR) is 206 cm³/mol. The number of para-hydroxylation sites is 1. The first-order chi connectivity index (χ1) is 26.3. The van der Waals surface area contributed by atoms with Crippen molar-refractivity contribution in [1.82, 2.24) is 19.8 Å². The van der Waals surface area contributed by atoms with Crippen LogP contribution in [-0.2, 0) is 42.1 Å². The third-order valence-electron chi connectivity index (χ3n) is 15.0. The SMILES string of the molecule is CC=C1CN2COCC3(C(=O)OC)C1CC(c1c(OC)ccc4c5c([nH]c14)C1(C(=O)OC)CC4CC(CC)C1N(CC5)C4)c1[nH]c4ccccc4c1CC23. The van der Waals surface area contributed by atoms with E-state index < -0.39 is 10.8 Å². The number of H-pyrrole nitrogens is 2. The van der Waals surface area contributed by atoms with Crippen molar-refractivity contribution in [3.05, 3.63) is 76.1 Å². The molecular formula is C44H52N4O6. The summed E-state index contributed by atoms with van der Waals surface area (Å²) in [6, 6.07) is 12.9. The lowest BCUT2D eigenvalue weighted by Gasteiger charge is -2.58. The second-order valence-corrected chi connectivity index (χ2v) is 17.0. The van der Waals surface area contributed by atoms with Gasteiger partial charge in [-0.3, -0.25) is 19.4 Å². The van der Waals surface area contributed by atoms with Gasteiger partial charge >= 0.3 is 11.9 Å². The topological polar surface area (TPSA) is 109 Å². The number of benzene rings is 2. The van der Waals surface area contributed by atoms with Gasteiger partial charge in [0.1, 0.15) is 16.6 Å². The fourth-order valence-corrected chi connectivity index (χ4v) is 13.0. The molecule has 0 amide bonds. The first-order valence-electron chi connectivity index (χ1n) is 20.0. The number of carbonyl (C=O) groups excluding carboxylic acids is 2. The average Bonchev–Trinajstić information content (AvgIpc) is 3.73. The van der Waals surface area contributed by atoms with Crippen molar-refractivity contribution in [2.24, 2.45) is 23.2 Å². The quantitative estimate of drug-likeness (QED) is 0.184. The van der Waals surface area contributed by atoms with Gasteiger partial charge in [-0.1, -0.05) is 43.2 Å². The van der Waals surface area contributed by atoms with Crippen molar-refractivity contribution >= 4 is 33.7 Å². The number of aromatic nitrogens is 2. The van der Waals surface area contributed by atoms with E-state index >= 15 is 0 Å². The maximum absolute atomic E-state index is 14.5. The second-order valence-electron chi connectivity index (χ2n) is 17.0. The van der Waals surface area contributed by atoms with E-state index in [9.17, 15) is 9.59 Å². The molecule has 7 heterocycles. The molecule has 10 unspecified atom stereocenters. The summed E-state index contributed by atoms with van der Waals surface area (Å²) >= 11 is 0. The Bertz CT molecular complexity index is 2220. The van der Waals surface area contributed by atoms with E-state index in [0.29, 0.717) is 38.0 Å². The van der Waals surface area contributed by atoms with Crippen LogP contribution >= 0.6 is 0 Å². The third kappa shape index (κ3) is 4.39. The molecule has 11 rings (SSSR count). The Morgan fingerprint density at radius 2 is 1.83 bits per heavy atom. The molecule has 2 aromatic heterocycles. The molecule has 5 fully saturated rings. The van der Waals surface area contributed by atoms with Gasteiger partial charge in [0.2, 0.25) is 0 Å². The number of carbonyl (C=O) groups is 2. The number of ether oxygens (including phenoxy) is 4. The number of nitrogens with zero attached hydrogens (tertiary/aromatic N) is 2. The molecule has 2 aliphatic carbocycles. The molecule has 4 aromatic rings. The second kappa shape index (κ2) is 12.4. The van der Waals surface area contributed by atoms with Gasteiger partial charge in [0.25, 0.3) is 0 Å². The number of esters is 2. The Kier molecular flexibility index (Phi) is 7.92. The average molecular weight is 733 g/mol. The lowest BCUT2D eigenvalue weighted by Crippen LogP contribution is -2.68. The fraction of sp³-hybridized carbons (Fsp3) is 0.545. The summed E-state index contributed by atoms with van der Waals surface area (Å²) < 4.78 is 24.2. The number of hydrogen-bond acceptors (Lipinski definition) is 8. The maximum Gasteiger partial charge on any atom is 0.319 e. The van der Waals surface area contributed by atoms with Crippen molar-refractivity contribution < 1.29 is 28.5 Å². The number of rotatable bonds is 5. The smallest absolute Gasteiger partial charge is 0.319 e. The number of hydrogen-bond donors (Lipinski definition) is 2. The maximum atomic E-state index is 14.5. The fourth-order valence-electron chi connectivity index (χ4n) is 13.0. The Hall–Kier alpha value is -4.12. The van der Waals surface area contributed by atoms with Gasteiger partial charge < -0.3 is 28.9 Å². The Labute approximate surface area is 316 Å². The summed E-state index contributed by atoms with van der Waals surface area (Å²) in [7, 11) is 4.83. The van der Waals surface area contributed by atoms with E-state index in [-0.39, 0.29) is 35.9 Å². The van der Waals surface area contributed by atoms with E-state index in [0.717, 1.165) is 84.4 Å². The van der Waals surface area contributed by atoms with E-state index in [2.05, 4.69) is 76.1 Å². The molecule has 0 spiro atoms. The highest BCUT2D eigenvalue weighted by Gasteiger charge is 2.64. The van der Waals surface area contributed by atoms with E-state index in [1.54, 1.807) is 14.2 Å². The van der Waals surface area contributed by atoms with Crippen LogP contribution in [0, 0.1) is 23.2 Å². The summed E-state index contributed by atoms with van der Waals surface area (Å²) in [6.45, 7) is 7.87. The Morgan fingerprint density at radius 1 is 1.00 bits per heavy atom. The molecule has 10 heteroatoms. The van der Waals surface area contributed by atoms with Crippen molar-refractivity contribution in [3.8, 4) is 5.75 Å². The van der Waals surface area contributed by atoms with Crippen LogP contribution in [0.1, 0.15) is 73.5 Å². The first kappa shape index (κ1) is 34.4. The van der Waals surface area contributed by atoms with Gasteiger partial charge in [0.15, 0.2) is 0 Å². The molecule has 2 N–H and O–H groups in total. The highest BCUT2D eigenvalue weighted by atomic mass is 16.5. The van der Waals surface area contributed by atoms with Gasteiger partial charge in [0, 0.05) is 76.8 Å². The van der Waals surface area contributed by atoms with E-state index in [1.807, 2.05) is 0 Å². The van der Waals surface area contributed by atoms with Crippen LogP contribution in [0.5, 0.6) is 5.75 Å². The molecule has 1 saturated carbocycles. The molecular weight excluding hydrogens is 681 g/mol. The lowest BCUT2D eigenvalue weighted by molar-refractivity contribution is -0.199. The number of fused-ring (bicyclic) bond motifs is 7. The van der Waals surface area contributed by atoms with Gasteiger partial charge in [0.05, 0.1) is 40.2 Å². The minimum absolute atomic E-state index is 0.0818. The van der Waals surface area contributed by atoms with Gasteiger partial charge in [-0.2, -0.15) is 0 Å². The normalized spacial score (nSPS) is 35.8. The summed E-state index contributed by atoms with van der Waals surface area (Å²) in [5.74, 6) is 1.01. The number of nitrogens with one attached hydrogen (secondary N) is 2. The number of aromatic amines is 2. The van der Waals surface area contributed by atoms with Crippen molar-refractivity contribution in [2.75, 3.05) is 54.3 Å². The van der Waals surface area contributed by atoms with Crippen LogP contribution in [0.2, 0.25) is 0 Å². The molecule has 5 aliphatic heterocycles. The summed E-state index contributed by atoms with van der Waals surface area (Å²) in [4.78, 5) is 41.8. The van der Waals surface area contributed by atoms with Crippen molar-refractivity contribution in [3.63, 3.8) is 0 Å². The summed E-state index contributed by atoms with van der Waals surface area (Å²) in [6.07, 6.45) is 7.40. The summed E-state index contributed by atoms with van der Waals surface area (Å²) in [5, 5.41) is 2.32. The van der Waals surface area contributed by atoms with Gasteiger partial charge in [-0.25, -0.2) is 0 Å². The van der Waals surface area contributed by atoms with Crippen LogP contribution in [0.4, 0.5) is 0 Å². The molecule has 8 bridgehead atoms. The molecule has 7 aliphatic rings. The van der Waals surface area contributed by atoms with Gasteiger partial charge in [-0.15, -0.1) is 0 Å². The van der Waals surface area contributed by atoms with E-state index in [1.165, 1.54) is 29.2 Å². The number of piperidine rings is 3. The molecule has 284 valence electrons. The molecule has 2 aromatic carbocycles. The lowest BCUT2D eigenvalue weighted by atomic mass is 9.56. The van der Waals surface area contributed by atoms with Crippen LogP contribution in [-0.4, -0.2) is 98.1 Å². The molecule has 10 atom stereocenters. The molecule has 0 radical (unpaired) electrons. The summed E-state index contributed by atoms with van der Waals surface area (Å²) in [5.41, 5.74) is 7.40. The zero-order valence-corrected chi connectivity index (χ0v) is 32.1. The van der Waals surface area contributed by atoms with Crippen LogP contribution in [0.25, 0.3) is 21.8 Å². The Balaban J connectivity index is 1.26. The van der Waals surface area contributed by atoms with Crippen LogP contribution in [0.3, 0.4) is 0 Å². The zero-order valence-electron chi connectivity index (χ0n) is 32.1. The van der Waals surface area contributed by atoms with Crippen LogP contribution < -0.4 is 4.74 Å². The standard InChI is InChI=1S/C44H52N4O6/c1-6-25-16-24-19-43(41(49)52-4)39-29(14-15-47(20-24)40(25)43)28-12-13-34(51-3)36(38(28)46-39)31-17-32-26(7-2)21-48-23-54-22-44(32,42(50)53-5)35(48)18-30-27-10-8-9-11-33(27)45-37(30)31/h7-13,24-25,31-32,35,40,45-46H,6,14-23H2,1-5H3. The molecule has 54 heavy (non-hydrogen) atoms. The third-order valence-corrected chi connectivity index (χ3v) is 15.0. The predicted octanol–water partition coefficient (Wildman–Crippen LogP) is 6.22. The van der Waals surface area contributed by atoms with Crippen molar-refractivity contribution in [1.29, 1.82) is 0 Å². The number of allylic oxidation sites excluding steroid dienone is 1. The molecule has 10 nitrogen and oxygen atoms in total. The zero-order chi connectivity index (χ0) is 37.1. The minimum Gasteiger partial charge on any atom is -0.496 e. The highest BCUT2D eigenvalue weighted by Crippen LogP contribution is 2.59. The minimum atomic E-state index is -0.885. The monoisotopic (exact) mass is 732 g/mol. The van der Waals surface area contributed by atoms with Crippen molar-refractivity contribution in [2.45, 2.75) is 75.8 Å².